The normalized spacial score (nSPS) is 17.9. The summed E-state index contributed by atoms with van der Waals surface area (Å²) < 4.78 is 5.71. The van der Waals surface area contributed by atoms with E-state index in [1.165, 1.54) is 25.7 Å². The Labute approximate surface area is 122 Å². The monoisotopic (exact) mass is 277 g/mol. The van der Waals surface area contributed by atoms with Gasteiger partial charge in [-0.25, -0.2) is 0 Å². The van der Waals surface area contributed by atoms with Crippen LogP contribution in [0.25, 0.3) is 0 Å². The van der Waals surface area contributed by atoms with Crippen molar-refractivity contribution in [1.29, 1.82) is 0 Å². The van der Waals surface area contributed by atoms with Gasteiger partial charge in [0.25, 0.3) is 0 Å². The third-order valence-electron chi connectivity index (χ3n) is 3.85. The summed E-state index contributed by atoms with van der Waals surface area (Å²) in [6.45, 7) is 4.02. The Kier molecular flexibility index (Phi) is 6.51. The van der Waals surface area contributed by atoms with E-state index in [2.05, 4.69) is 5.32 Å². The number of aliphatic hydroxyl groups excluding tert-OH is 1. The second-order valence-corrected chi connectivity index (χ2v) is 5.83. The number of hydrogen-bond acceptors (Lipinski definition) is 3. The van der Waals surface area contributed by atoms with Gasteiger partial charge in [0.05, 0.1) is 18.8 Å². The van der Waals surface area contributed by atoms with Gasteiger partial charge in [-0.1, -0.05) is 43.2 Å². The first-order chi connectivity index (χ1) is 9.75. The Balaban J connectivity index is 1.51. The fraction of sp³-hybridized carbons (Fsp3) is 0.647. The van der Waals surface area contributed by atoms with Crippen molar-refractivity contribution in [3.63, 3.8) is 0 Å². The number of aliphatic hydroxyl groups is 1. The van der Waals surface area contributed by atoms with E-state index in [0.717, 1.165) is 18.0 Å². The second kappa shape index (κ2) is 8.40. The lowest BCUT2D eigenvalue weighted by Crippen LogP contribution is -2.31. The van der Waals surface area contributed by atoms with Crippen LogP contribution >= 0.6 is 0 Å². The molecule has 1 aromatic carbocycles. The summed E-state index contributed by atoms with van der Waals surface area (Å²) in [5.74, 6) is 0.997. The smallest absolute Gasteiger partial charge is 0.0897 e. The van der Waals surface area contributed by atoms with Crippen molar-refractivity contribution in [2.75, 3.05) is 19.7 Å². The van der Waals surface area contributed by atoms with Gasteiger partial charge in [-0.15, -0.1) is 0 Å². The topological polar surface area (TPSA) is 41.5 Å². The molecule has 2 rings (SSSR count). The van der Waals surface area contributed by atoms with Crippen molar-refractivity contribution in [2.24, 2.45) is 5.92 Å². The first-order valence-electron chi connectivity index (χ1n) is 7.81. The van der Waals surface area contributed by atoms with Crippen molar-refractivity contribution in [1.82, 2.24) is 5.32 Å². The molecular weight excluding hydrogens is 250 g/mol. The van der Waals surface area contributed by atoms with Gasteiger partial charge in [-0.05, 0) is 37.8 Å². The lowest BCUT2D eigenvalue weighted by molar-refractivity contribution is -0.00197. The molecule has 2 unspecified atom stereocenters. The van der Waals surface area contributed by atoms with E-state index < -0.39 is 6.10 Å². The Bertz CT molecular complexity index is 365. The second-order valence-electron chi connectivity index (χ2n) is 5.83. The molecule has 112 valence electrons. The maximum atomic E-state index is 9.88. The SMILES string of the molecule is CC(OCC(O)CNCCCC1CC1)c1ccccc1. The fourth-order valence-electron chi connectivity index (χ4n) is 2.33. The molecule has 1 fully saturated rings. The van der Waals surface area contributed by atoms with Gasteiger partial charge in [0.1, 0.15) is 0 Å². The molecule has 0 aliphatic heterocycles. The summed E-state index contributed by atoms with van der Waals surface area (Å²) in [6.07, 6.45) is 5.01. The first-order valence-corrected chi connectivity index (χ1v) is 7.81. The summed E-state index contributed by atoms with van der Waals surface area (Å²) in [7, 11) is 0. The number of ether oxygens (including phenoxy) is 1. The van der Waals surface area contributed by atoms with Gasteiger partial charge < -0.3 is 15.2 Å². The van der Waals surface area contributed by atoms with Crippen LogP contribution in [0.5, 0.6) is 0 Å². The van der Waals surface area contributed by atoms with Gasteiger partial charge >= 0.3 is 0 Å². The van der Waals surface area contributed by atoms with E-state index in [1.54, 1.807) is 0 Å². The summed E-state index contributed by atoms with van der Waals surface area (Å²) >= 11 is 0. The molecular formula is C17H27NO2. The molecule has 0 bridgehead atoms. The molecule has 20 heavy (non-hydrogen) atoms. The minimum atomic E-state index is -0.429. The van der Waals surface area contributed by atoms with Crippen LogP contribution in [-0.4, -0.2) is 30.9 Å². The van der Waals surface area contributed by atoms with Crippen molar-refractivity contribution in [2.45, 2.75) is 44.8 Å². The molecule has 2 atom stereocenters. The zero-order valence-electron chi connectivity index (χ0n) is 12.4. The number of benzene rings is 1. The largest absolute Gasteiger partial charge is 0.389 e. The van der Waals surface area contributed by atoms with E-state index in [4.69, 9.17) is 4.74 Å². The molecule has 1 saturated carbocycles. The Morgan fingerprint density at radius 2 is 2.05 bits per heavy atom. The van der Waals surface area contributed by atoms with Gasteiger partial charge in [0.2, 0.25) is 0 Å². The van der Waals surface area contributed by atoms with Crippen LogP contribution in [0.4, 0.5) is 0 Å². The molecule has 2 N–H and O–H groups in total. The molecule has 0 amide bonds. The van der Waals surface area contributed by atoms with Crippen LogP contribution in [0.1, 0.15) is 44.3 Å². The van der Waals surface area contributed by atoms with E-state index in [-0.39, 0.29) is 6.10 Å². The lowest BCUT2D eigenvalue weighted by Gasteiger charge is -2.17. The number of hydrogen-bond donors (Lipinski definition) is 2. The van der Waals surface area contributed by atoms with Gasteiger partial charge in [0, 0.05) is 6.54 Å². The predicted octanol–water partition coefficient (Wildman–Crippen LogP) is 2.90. The molecule has 1 aliphatic carbocycles. The van der Waals surface area contributed by atoms with E-state index >= 15 is 0 Å². The molecule has 3 heteroatoms. The molecule has 3 nitrogen and oxygen atoms in total. The van der Waals surface area contributed by atoms with Crippen LogP contribution in [0.3, 0.4) is 0 Å². The lowest BCUT2D eigenvalue weighted by atomic mass is 10.1. The van der Waals surface area contributed by atoms with Crippen molar-refractivity contribution in [3.8, 4) is 0 Å². The molecule has 0 radical (unpaired) electrons. The summed E-state index contributed by atoms with van der Waals surface area (Å²) in [4.78, 5) is 0. The highest BCUT2D eigenvalue weighted by Crippen LogP contribution is 2.33. The van der Waals surface area contributed by atoms with Crippen LogP contribution in [0, 0.1) is 5.92 Å². The third kappa shape index (κ3) is 6.04. The summed E-state index contributed by atoms with van der Waals surface area (Å²) in [5, 5.41) is 13.2. The zero-order valence-corrected chi connectivity index (χ0v) is 12.4. The summed E-state index contributed by atoms with van der Waals surface area (Å²) in [6, 6.07) is 10.1. The maximum absolute atomic E-state index is 9.88. The molecule has 0 spiro atoms. The van der Waals surface area contributed by atoms with E-state index in [0.29, 0.717) is 13.2 Å². The highest BCUT2D eigenvalue weighted by molar-refractivity contribution is 5.16. The van der Waals surface area contributed by atoms with Crippen molar-refractivity contribution < 1.29 is 9.84 Å². The average molecular weight is 277 g/mol. The molecule has 0 saturated heterocycles. The quantitative estimate of drug-likeness (QED) is 0.646. The highest BCUT2D eigenvalue weighted by Gasteiger charge is 2.19. The number of rotatable bonds is 10. The molecule has 1 aromatic rings. The Morgan fingerprint density at radius 1 is 1.30 bits per heavy atom. The van der Waals surface area contributed by atoms with E-state index in [9.17, 15) is 5.11 Å². The van der Waals surface area contributed by atoms with E-state index in [1.807, 2.05) is 37.3 Å². The van der Waals surface area contributed by atoms with Crippen LogP contribution in [-0.2, 0) is 4.74 Å². The summed E-state index contributed by atoms with van der Waals surface area (Å²) in [5.41, 5.74) is 1.15. The van der Waals surface area contributed by atoms with Crippen LogP contribution in [0.15, 0.2) is 30.3 Å². The van der Waals surface area contributed by atoms with Gasteiger partial charge in [0.15, 0.2) is 0 Å². The van der Waals surface area contributed by atoms with Crippen LogP contribution < -0.4 is 5.32 Å². The van der Waals surface area contributed by atoms with Gasteiger partial charge in [-0.2, -0.15) is 0 Å². The minimum absolute atomic E-state index is 0.0284. The first kappa shape index (κ1) is 15.5. The van der Waals surface area contributed by atoms with Crippen molar-refractivity contribution >= 4 is 0 Å². The van der Waals surface area contributed by atoms with Gasteiger partial charge in [-0.3, -0.25) is 0 Å². The predicted molar refractivity (Wildman–Crippen MR) is 81.6 cm³/mol. The molecule has 1 aliphatic rings. The third-order valence-corrected chi connectivity index (χ3v) is 3.85. The van der Waals surface area contributed by atoms with Crippen molar-refractivity contribution in [3.05, 3.63) is 35.9 Å². The Morgan fingerprint density at radius 3 is 2.75 bits per heavy atom. The Hall–Kier alpha value is -0.900. The maximum Gasteiger partial charge on any atom is 0.0897 e. The standard InChI is InChI=1S/C17H27NO2/c1-14(16-7-3-2-4-8-16)20-13-17(19)12-18-11-5-6-15-9-10-15/h2-4,7-8,14-15,17-19H,5-6,9-13H2,1H3. The average Bonchev–Trinajstić information content (AvgIpc) is 3.29. The number of nitrogens with one attached hydrogen (secondary N) is 1. The van der Waals surface area contributed by atoms with Crippen LogP contribution in [0.2, 0.25) is 0 Å². The highest BCUT2D eigenvalue weighted by atomic mass is 16.5. The fourth-order valence-corrected chi connectivity index (χ4v) is 2.33. The zero-order chi connectivity index (χ0) is 14.2. The molecule has 0 heterocycles. The molecule has 0 aromatic heterocycles. The minimum Gasteiger partial charge on any atom is -0.389 e.